The Labute approximate surface area is 128 Å². The highest BCUT2D eigenvalue weighted by atomic mass is 19.2. The van der Waals surface area contributed by atoms with E-state index >= 15 is 0 Å². The molecule has 114 valence electrons. The first-order chi connectivity index (χ1) is 10.7. The van der Waals surface area contributed by atoms with Crippen LogP contribution >= 0.6 is 0 Å². The molecule has 0 saturated carbocycles. The van der Waals surface area contributed by atoms with Crippen molar-refractivity contribution in [2.24, 2.45) is 0 Å². The summed E-state index contributed by atoms with van der Waals surface area (Å²) in [6, 6.07) is 11.3. The van der Waals surface area contributed by atoms with E-state index in [0.717, 1.165) is 17.4 Å². The first kappa shape index (κ1) is 15.8. The van der Waals surface area contributed by atoms with Gasteiger partial charge >= 0.3 is 0 Å². The molecule has 0 unspecified atom stereocenters. The van der Waals surface area contributed by atoms with Crippen molar-refractivity contribution < 1.29 is 18.3 Å². The molecule has 4 heteroatoms. The maximum atomic E-state index is 13.3. The number of hydrogen-bond donors (Lipinski definition) is 0. The Balaban J connectivity index is 1.74. The molecule has 0 aliphatic carbocycles. The van der Waals surface area contributed by atoms with Gasteiger partial charge in [-0.2, -0.15) is 4.39 Å². The van der Waals surface area contributed by atoms with Gasteiger partial charge in [-0.1, -0.05) is 30.9 Å². The van der Waals surface area contributed by atoms with Crippen LogP contribution in [0.4, 0.5) is 8.78 Å². The molecule has 22 heavy (non-hydrogen) atoms. The molecular weight excluding hydrogens is 286 g/mol. The molecule has 0 N–H and O–H groups in total. The average Bonchev–Trinajstić information content (AvgIpc) is 2.55. The fourth-order valence-electron chi connectivity index (χ4n) is 1.71. The summed E-state index contributed by atoms with van der Waals surface area (Å²) in [6.07, 6.45) is 5.19. The largest absolute Gasteiger partial charge is 0.490 e. The van der Waals surface area contributed by atoms with Crippen LogP contribution in [-0.2, 0) is 0 Å². The van der Waals surface area contributed by atoms with Crippen molar-refractivity contribution in [3.63, 3.8) is 0 Å². The van der Waals surface area contributed by atoms with Crippen LogP contribution in [0.25, 0.3) is 6.08 Å². The summed E-state index contributed by atoms with van der Waals surface area (Å²) >= 11 is 0. The van der Waals surface area contributed by atoms with Crippen LogP contribution < -0.4 is 9.47 Å². The summed E-state index contributed by atoms with van der Waals surface area (Å²) in [6.45, 7) is 4.18. The van der Waals surface area contributed by atoms with Gasteiger partial charge in [0.2, 0.25) is 5.82 Å². The molecule has 0 fully saturated rings. The smallest absolute Gasteiger partial charge is 0.200 e. The van der Waals surface area contributed by atoms with Crippen molar-refractivity contribution in [3.8, 4) is 11.5 Å². The monoisotopic (exact) mass is 302 g/mol. The Bertz CT molecular complexity index is 649. The van der Waals surface area contributed by atoms with Crippen molar-refractivity contribution in [1.29, 1.82) is 0 Å². The Kier molecular flexibility index (Phi) is 5.72. The number of ether oxygens (including phenoxy) is 2. The fourth-order valence-corrected chi connectivity index (χ4v) is 1.71. The summed E-state index contributed by atoms with van der Waals surface area (Å²) in [5, 5.41) is 0. The van der Waals surface area contributed by atoms with Gasteiger partial charge in [0.1, 0.15) is 19.0 Å². The van der Waals surface area contributed by atoms with E-state index in [1.54, 1.807) is 18.2 Å². The molecule has 0 bridgehead atoms. The van der Waals surface area contributed by atoms with Crippen LogP contribution in [0.2, 0.25) is 0 Å². The fraction of sp³-hybridized carbons (Fsp3) is 0.111. The molecular formula is C18H16F2O2. The number of hydrogen-bond acceptors (Lipinski definition) is 2. The molecule has 0 aromatic heterocycles. The Morgan fingerprint density at radius 2 is 1.59 bits per heavy atom. The Morgan fingerprint density at radius 1 is 0.909 bits per heavy atom. The van der Waals surface area contributed by atoms with E-state index in [0.29, 0.717) is 6.61 Å². The van der Waals surface area contributed by atoms with E-state index in [-0.39, 0.29) is 12.4 Å². The summed E-state index contributed by atoms with van der Waals surface area (Å²) in [7, 11) is 0. The Morgan fingerprint density at radius 3 is 2.27 bits per heavy atom. The number of benzene rings is 2. The van der Waals surface area contributed by atoms with Crippen LogP contribution in [-0.4, -0.2) is 13.2 Å². The van der Waals surface area contributed by atoms with Crippen LogP contribution in [0, 0.1) is 11.6 Å². The highest BCUT2D eigenvalue weighted by Gasteiger charge is 2.07. The molecule has 2 aromatic rings. The SMILES string of the molecule is C=Cc1ccc(OC/C=C/COc2cccc(F)c2F)cc1. The first-order valence-corrected chi connectivity index (χ1v) is 6.78. The molecule has 0 aliphatic rings. The van der Waals surface area contributed by atoms with Crippen molar-refractivity contribution in [2.75, 3.05) is 13.2 Å². The molecule has 2 aromatic carbocycles. The minimum absolute atomic E-state index is 0.106. The number of rotatable bonds is 7. The van der Waals surface area contributed by atoms with Gasteiger partial charge in [-0.3, -0.25) is 0 Å². The van der Waals surface area contributed by atoms with Crippen LogP contribution in [0.3, 0.4) is 0 Å². The van der Waals surface area contributed by atoms with Gasteiger partial charge in [-0.25, -0.2) is 4.39 Å². The minimum atomic E-state index is -0.977. The normalized spacial score (nSPS) is 10.6. The van der Waals surface area contributed by atoms with E-state index in [9.17, 15) is 8.78 Å². The van der Waals surface area contributed by atoms with Gasteiger partial charge in [-0.15, -0.1) is 0 Å². The predicted octanol–water partition coefficient (Wildman–Crippen LogP) is 4.62. The molecule has 2 rings (SSSR count). The van der Waals surface area contributed by atoms with Gasteiger partial charge in [0.25, 0.3) is 0 Å². The Hall–Kier alpha value is -2.62. The van der Waals surface area contributed by atoms with Gasteiger partial charge in [0.05, 0.1) is 0 Å². The quantitative estimate of drug-likeness (QED) is 0.695. The molecule has 0 aliphatic heterocycles. The molecule has 0 atom stereocenters. The van der Waals surface area contributed by atoms with Gasteiger partial charge in [0, 0.05) is 0 Å². The van der Waals surface area contributed by atoms with Crippen LogP contribution in [0.1, 0.15) is 5.56 Å². The van der Waals surface area contributed by atoms with Crippen molar-refractivity contribution in [1.82, 2.24) is 0 Å². The maximum absolute atomic E-state index is 13.3. The van der Waals surface area contributed by atoms with E-state index < -0.39 is 11.6 Å². The topological polar surface area (TPSA) is 18.5 Å². The lowest BCUT2D eigenvalue weighted by Gasteiger charge is -2.05. The lowest BCUT2D eigenvalue weighted by molar-refractivity contribution is 0.329. The van der Waals surface area contributed by atoms with E-state index in [4.69, 9.17) is 9.47 Å². The van der Waals surface area contributed by atoms with E-state index in [1.807, 2.05) is 24.3 Å². The predicted molar refractivity (Wildman–Crippen MR) is 83.0 cm³/mol. The maximum Gasteiger partial charge on any atom is 0.200 e. The third kappa shape index (κ3) is 4.45. The van der Waals surface area contributed by atoms with Gasteiger partial charge < -0.3 is 9.47 Å². The van der Waals surface area contributed by atoms with E-state index in [2.05, 4.69) is 6.58 Å². The molecule has 0 radical (unpaired) electrons. The summed E-state index contributed by atoms with van der Waals surface area (Å²) in [5.74, 6) is -1.26. The zero-order chi connectivity index (χ0) is 15.8. The molecule has 0 heterocycles. The van der Waals surface area contributed by atoms with Gasteiger partial charge in [0.15, 0.2) is 11.6 Å². The average molecular weight is 302 g/mol. The molecule has 0 saturated heterocycles. The van der Waals surface area contributed by atoms with E-state index in [1.165, 1.54) is 12.1 Å². The highest BCUT2D eigenvalue weighted by Crippen LogP contribution is 2.18. The van der Waals surface area contributed by atoms with Crippen molar-refractivity contribution in [3.05, 3.63) is 78.4 Å². The minimum Gasteiger partial charge on any atom is -0.490 e. The zero-order valence-electron chi connectivity index (χ0n) is 12.0. The lowest BCUT2D eigenvalue weighted by atomic mass is 10.2. The lowest BCUT2D eigenvalue weighted by Crippen LogP contribution is -1.99. The van der Waals surface area contributed by atoms with Crippen LogP contribution in [0.15, 0.2) is 61.2 Å². The third-order valence-electron chi connectivity index (χ3n) is 2.88. The summed E-state index contributed by atoms with van der Waals surface area (Å²) in [4.78, 5) is 0. The second kappa shape index (κ2) is 7.98. The molecule has 0 amide bonds. The molecule has 0 spiro atoms. The first-order valence-electron chi connectivity index (χ1n) is 6.78. The zero-order valence-corrected chi connectivity index (χ0v) is 12.0. The summed E-state index contributed by atoms with van der Waals surface area (Å²) in [5.41, 5.74) is 1.02. The standard InChI is InChI=1S/C18H16F2O2/c1-2-14-8-10-15(11-9-14)21-12-3-4-13-22-17-7-5-6-16(19)18(17)20/h2-11H,1,12-13H2/b4-3+. The highest BCUT2D eigenvalue weighted by molar-refractivity contribution is 5.48. The van der Waals surface area contributed by atoms with Gasteiger partial charge in [-0.05, 0) is 42.0 Å². The second-order valence-electron chi connectivity index (χ2n) is 4.42. The van der Waals surface area contributed by atoms with Crippen molar-refractivity contribution in [2.45, 2.75) is 0 Å². The number of halogens is 2. The molecule has 2 nitrogen and oxygen atoms in total. The third-order valence-corrected chi connectivity index (χ3v) is 2.88. The van der Waals surface area contributed by atoms with Crippen molar-refractivity contribution >= 4 is 6.08 Å². The summed E-state index contributed by atoms with van der Waals surface area (Å²) < 4.78 is 36.9. The second-order valence-corrected chi connectivity index (χ2v) is 4.42. The van der Waals surface area contributed by atoms with Crippen LogP contribution in [0.5, 0.6) is 11.5 Å².